The van der Waals surface area contributed by atoms with Gasteiger partial charge in [-0.1, -0.05) is 27.7 Å². The van der Waals surface area contributed by atoms with Crippen molar-refractivity contribution < 1.29 is 143 Å². The molecule has 1 spiro atoms. The number of Topliss-reactive ketones (excluding diaryl/α,β-unsaturated/α-hetero) is 1. The number of carbonyl (C=O) groups excluding carboxylic acids is 1. The molecule has 7 saturated heterocycles. The Balaban J connectivity index is 0.797. The van der Waals surface area contributed by atoms with E-state index < -0.39 is 209 Å². The Bertz CT molecular complexity index is 2260. The van der Waals surface area contributed by atoms with Crippen molar-refractivity contribution in [3.8, 4) is 0 Å². The van der Waals surface area contributed by atoms with Gasteiger partial charge < -0.3 is 139 Å². The Kier molecular flexibility index (Phi) is 19.3. The van der Waals surface area contributed by atoms with Crippen LogP contribution in [0.15, 0.2) is 0 Å². The molecule has 0 aromatic heterocycles. The molecule has 37 unspecified atom stereocenters. The number of hydrogen-bond donors (Lipinski definition) is 16. The van der Waals surface area contributed by atoms with Crippen LogP contribution in [0.1, 0.15) is 79.1 Å². The third-order valence-corrected chi connectivity index (χ3v) is 22.0. The van der Waals surface area contributed by atoms with Gasteiger partial charge in [-0.15, -0.1) is 0 Å². The summed E-state index contributed by atoms with van der Waals surface area (Å²) in [5, 5.41) is 176. The second kappa shape index (κ2) is 25.2. The average molecular weight is 1230 g/mol. The van der Waals surface area contributed by atoms with E-state index >= 15 is 0 Å². The number of ketones is 1. The van der Waals surface area contributed by atoms with Gasteiger partial charge in [0.15, 0.2) is 37.2 Å². The minimum atomic E-state index is -2.21. The molecule has 11 aliphatic rings. The maximum atomic E-state index is 14.8. The van der Waals surface area contributed by atoms with Crippen LogP contribution < -0.4 is 0 Å². The van der Waals surface area contributed by atoms with Crippen LogP contribution in [0.3, 0.4) is 0 Å². The van der Waals surface area contributed by atoms with Gasteiger partial charge in [-0.25, -0.2) is 0 Å². The molecule has 7 aliphatic heterocycles. The maximum Gasteiger partial charge on any atom is 0.187 e. The van der Waals surface area contributed by atoms with E-state index in [1.165, 1.54) is 0 Å². The lowest BCUT2D eigenvalue weighted by molar-refractivity contribution is -0.409. The van der Waals surface area contributed by atoms with Gasteiger partial charge in [0.2, 0.25) is 0 Å². The fourth-order valence-corrected chi connectivity index (χ4v) is 17.1. The van der Waals surface area contributed by atoms with Crippen LogP contribution in [0.2, 0.25) is 0 Å². The molecular weight excluding hydrogens is 1140 g/mol. The van der Waals surface area contributed by atoms with Crippen molar-refractivity contribution in [3.05, 3.63) is 0 Å². The Morgan fingerprint density at radius 3 is 1.72 bits per heavy atom. The highest BCUT2D eigenvalue weighted by Gasteiger charge is 2.73. The zero-order chi connectivity index (χ0) is 61.1. The van der Waals surface area contributed by atoms with E-state index in [1.54, 1.807) is 0 Å². The smallest absolute Gasteiger partial charge is 0.187 e. The summed E-state index contributed by atoms with van der Waals surface area (Å²) in [5.41, 5.74) is -1.10. The molecule has 7 heterocycles. The summed E-state index contributed by atoms with van der Waals surface area (Å²) in [5.74, 6) is -0.292. The fourth-order valence-electron chi connectivity index (χ4n) is 17.1. The van der Waals surface area contributed by atoms with E-state index in [9.17, 15) is 86.5 Å². The number of fused-ring (bicyclic) bond motifs is 7. The number of ether oxygens (including phenoxy) is 12. The van der Waals surface area contributed by atoms with Crippen molar-refractivity contribution in [1.29, 1.82) is 0 Å². The largest absolute Gasteiger partial charge is 0.394 e. The van der Waals surface area contributed by atoms with E-state index in [2.05, 4.69) is 27.7 Å². The molecule has 488 valence electrons. The lowest BCUT2D eigenvalue weighted by Crippen LogP contribution is -2.69. The van der Waals surface area contributed by atoms with Crippen molar-refractivity contribution in [1.82, 2.24) is 0 Å². The van der Waals surface area contributed by atoms with Crippen LogP contribution >= 0.6 is 0 Å². The minimum absolute atomic E-state index is 0.00498. The molecule has 0 radical (unpaired) electrons. The van der Waals surface area contributed by atoms with Crippen LogP contribution in [0, 0.1) is 52.3 Å². The van der Waals surface area contributed by atoms with E-state index in [4.69, 9.17) is 56.8 Å². The van der Waals surface area contributed by atoms with Crippen LogP contribution in [-0.2, 0) is 61.6 Å². The van der Waals surface area contributed by atoms with Crippen LogP contribution in [-0.4, -0.2) is 299 Å². The molecule has 29 nitrogen and oxygen atoms in total. The first kappa shape index (κ1) is 65.1. The summed E-state index contributed by atoms with van der Waals surface area (Å²) in [6.45, 7) is 4.87. The lowest BCUT2D eigenvalue weighted by Gasteiger charge is -2.62. The summed E-state index contributed by atoms with van der Waals surface area (Å²) in [7, 11) is 0. The minimum Gasteiger partial charge on any atom is -0.394 e. The lowest BCUT2D eigenvalue weighted by atomic mass is 9.43. The van der Waals surface area contributed by atoms with Crippen molar-refractivity contribution in [2.45, 2.75) is 251 Å². The van der Waals surface area contributed by atoms with Crippen LogP contribution in [0.25, 0.3) is 0 Å². The van der Waals surface area contributed by atoms with Gasteiger partial charge in [0.25, 0.3) is 0 Å². The molecule has 4 saturated carbocycles. The molecule has 29 heteroatoms. The van der Waals surface area contributed by atoms with Crippen LogP contribution in [0.4, 0.5) is 0 Å². The van der Waals surface area contributed by atoms with Gasteiger partial charge in [0, 0.05) is 30.1 Å². The van der Waals surface area contributed by atoms with Gasteiger partial charge in [0.1, 0.15) is 122 Å². The van der Waals surface area contributed by atoms with Gasteiger partial charge in [0.05, 0.1) is 58.0 Å². The van der Waals surface area contributed by atoms with Crippen molar-refractivity contribution in [2.75, 3.05) is 39.6 Å². The standard InChI is InChI=1S/C56H90O29/c1-19-5-8-56(75-17-19)20(2)34-28(85-56)11-24-22-10-26(61)25-9-21(6-7-54(25,3)23(22)12-33(63)55(24,34)4)76-50-43(72)40(69)45(32(16-60)80-50)81-53-48(47(38(67)31(15-59)79-53)83-49-41(70)35(64)27(62)18-74-49)84-52-44(73)46(37(66)30(14-58)78-52)82-51-42(71)39(68)36(65)29(13-57)77-51/h19-32,34-53,57-62,64-73H,5-18H2,1-4H3. The highest BCUT2D eigenvalue weighted by Crippen LogP contribution is 2.70. The summed E-state index contributed by atoms with van der Waals surface area (Å²) in [4.78, 5) is 14.8. The number of rotatable bonds is 14. The predicted octanol–water partition coefficient (Wildman–Crippen LogP) is -6.30. The first-order valence-electron chi connectivity index (χ1n) is 30.3. The molecular formula is C56H90O29. The van der Waals surface area contributed by atoms with Gasteiger partial charge in [-0.3, -0.25) is 4.79 Å². The molecule has 11 rings (SSSR count). The highest BCUT2D eigenvalue weighted by atomic mass is 16.8. The van der Waals surface area contributed by atoms with E-state index in [0.29, 0.717) is 51.0 Å². The van der Waals surface area contributed by atoms with E-state index in [0.717, 1.165) is 12.8 Å². The zero-order valence-corrected chi connectivity index (χ0v) is 48.0. The number of carbonyl (C=O) groups is 1. The first-order chi connectivity index (χ1) is 40.3. The molecule has 16 N–H and O–H groups in total. The van der Waals surface area contributed by atoms with Gasteiger partial charge >= 0.3 is 0 Å². The molecule has 37 atom stereocenters. The Labute approximate surface area is 490 Å². The zero-order valence-electron chi connectivity index (χ0n) is 48.0. The number of aliphatic hydroxyl groups excluding tert-OH is 16. The van der Waals surface area contributed by atoms with Gasteiger partial charge in [-0.2, -0.15) is 0 Å². The average Bonchev–Trinajstić information content (AvgIpc) is 1.67. The van der Waals surface area contributed by atoms with E-state index in [-0.39, 0.29) is 47.4 Å². The Morgan fingerprint density at radius 2 is 1.06 bits per heavy atom. The Hall–Kier alpha value is -1.45. The second-order valence-corrected chi connectivity index (χ2v) is 26.7. The normalized spacial score (nSPS) is 57.2. The molecule has 0 amide bonds. The van der Waals surface area contributed by atoms with E-state index in [1.807, 2.05) is 0 Å². The third kappa shape index (κ3) is 11.2. The number of aliphatic hydroxyl groups is 16. The first-order valence-corrected chi connectivity index (χ1v) is 30.3. The quantitative estimate of drug-likeness (QED) is 0.0720. The summed E-state index contributed by atoms with van der Waals surface area (Å²) >= 11 is 0. The summed E-state index contributed by atoms with van der Waals surface area (Å²) in [6.07, 6.45) is -42.2. The summed E-state index contributed by atoms with van der Waals surface area (Å²) in [6, 6.07) is 0. The number of hydrogen-bond acceptors (Lipinski definition) is 29. The highest BCUT2D eigenvalue weighted by molar-refractivity contribution is 5.87. The Morgan fingerprint density at radius 1 is 0.494 bits per heavy atom. The molecule has 4 aliphatic carbocycles. The van der Waals surface area contributed by atoms with Crippen molar-refractivity contribution >= 4 is 5.78 Å². The monoisotopic (exact) mass is 1230 g/mol. The fraction of sp³-hybridized carbons (Fsp3) is 0.982. The summed E-state index contributed by atoms with van der Waals surface area (Å²) < 4.78 is 72.8. The van der Waals surface area contributed by atoms with Crippen molar-refractivity contribution in [3.63, 3.8) is 0 Å². The predicted molar refractivity (Wildman–Crippen MR) is 277 cm³/mol. The molecule has 0 bridgehead atoms. The second-order valence-electron chi connectivity index (χ2n) is 26.7. The third-order valence-electron chi connectivity index (χ3n) is 22.0. The van der Waals surface area contributed by atoms with Gasteiger partial charge in [-0.05, 0) is 73.5 Å². The topological polar surface area (TPSA) is 452 Å². The molecule has 0 aromatic carbocycles. The molecule has 85 heavy (non-hydrogen) atoms. The van der Waals surface area contributed by atoms with Crippen LogP contribution in [0.5, 0.6) is 0 Å². The van der Waals surface area contributed by atoms with Crippen molar-refractivity contribution in [2.24, 2.45) is 52.3 Å². The maximum absolute atomic E-state index is 14.8. The SMILES string of the molecule is CC1CCC2(OC1)OC1CC3C4CC(O)C5CC(OC6OC(CO)C(OC7OC(CO)C(O)C(OC8OCC(O)C(O)C8O)C7OC7OC(CO)C(O)C(OC8OC(CO)C(O)C(O)C8O)C7O)C(O)C6O)CCC5(C)C4CC(=O)C3(C)C1C2C. The molecule has 0 aromatic rings. The molecule has 11 fully saturated rings.